The number of carbonyl (C=O) groups is 3. The van der Waals surface area contributed by atoms with Crippen LogP contribution in [0.1, 0.15) is 188 Å². The molecular formula is C62H97O11P. The second kappa shape index (κ2) is 54.6. The topological polar surface area (TPSA) is 155 Å². The highest BCUT2D eigenvalue weighted by Gasteiger charge is 2.28. The van der Waals surface area contributed by atoms with Gasteiger partial charge in [-0.3, -0.25) is 23.4 Å². The van der Waals surface area contributed by atoms with Crippen LogP contribution in [0.4, 0.5) is 0 Å². The molecule has 2 N–H and O–H groups in total. The third-order valence-corrected chi connectivity index (χ3v) is 11.7. The van der Waals surface area contributed by atoms with Gasteiger partial charge in [-0.15, -0.1) is 0 Å². The number of carbonyl (C=O) groups excluding carboxylic acids is 3. The van der Waals surface area contributed by atoms with Crippen LogP contribution in [0.25, 0.3) is 0 Å². The van der Waals surface area contributed by atoms with Gasteiger partial charge in [0.25, 0.3) is 0 Å². The molecule has 0 aliphatic carbocycles. The van der Waals surface area contributed by atoms with Crippen LogP contribution < -0.4 is 0 Å². The van der Waals surface area contributed by atoms with Crippen molar-refractivity contribution in [2.75, 3.05) is 26.4 Å². The van der Waals surface area contributed by atoms with Crippen LogP contribution in [-0.2, 0) is 42.2 Å². The Morgan fingerprint density at radius 2 is 0.730 bits per heavy atom. The number of phosphoric acid groups is 1. The Morgan fingerprint density at radius 1 is 0.392 bits per heavy atom. The minimum atomic E-state index is -4.79. The largest absolute Gasteiger partial charge is 0.472 e. The summed E-state index contributed by atoms with van der Waals surface area (Å²) in [7, 11) is -4.79. The van der Waals surface area contributed by atoms with Gasteiger partial charge >= 0.3 is 25.7 Å². The lowest BCUT2D eigenvalue weighted by Gasteiger charge is -2.21. The summed E-state index contributed by atoms with van der Waals surface area (Å²) >= 11 is 0. The maximum Gasteiger partial charge on any atom is 0.472 e. The molecule has 0 aromatic rings. The van der Waals surface area contributed by atoms with Crippen molar-refractivity contribution in [1.82, 2.24) is 0 Å². The van der Waals surface area contributed by atoms with Crippen LogP contribution in [0.3, 0.4) is 0 Å². The van der Waals surface area contributed by atoms with E-state index < -0.39 is 64.4 Å². The summed E-state index contributed by atoms with van der Waals surface area (Å²) in [6, 6.07) is 0. The molecule has 0 saturated heterocycles. The molecule has 11 nitrogen and oxygen atoms in total. The lowest BCUT2D eigenvalue weighted by molar-refractivity contribution is -0.161. The summed E-state index contributed by atoms with van der Waals surface area (Å²) in [6.07, 6.45) is 69.7. The maximum atomic E-state index is 12.9. The zero-order valence-electron chi connectivity index (χ0n) is 45.7. The Kier molecular flexibility index (Phi) is 51.2. The van der Waals surface area contributed by atoms with E-state index in [-0.39, 0.29) is 19.3 Å². The Hall–Kier alpha value is -4.64. The van der Waals surface area contributed by atoms with E-state index in [1.807, 2.05) is 12.2 Å². The van der Waals surface area contributed by atoms with Crippen molar-refractivity contribution in [3.8, 4) is 0 Å². The van der Waals surface area contributed by atoms with Crippen LogP contribution in [0, 0.1) is 0 Å². The molecular weight excluding hydrogens is 952 g/mol. The first-order chi connectivity index (χ1) is 36.2. The van der Waals surface area contributed by atoms with Crippen LogP contribution in [0.5, 0.6) is 0 Å². The van der Waals surface area contributed by atoms with Gasteiger partial charge < -0.3 is 24.2 Å². The number of ether oxygens (including phenoxy) is 3. The molecule has 0 rings (SSSR count). The molecule has 0 amide bonds. The van der Waals surface area contributed by atoms with E-state index >= 15 is 0 Å². The zero-order chi connectivity index (χ0) is 54.1. The molecule has 12 heteroatoms. The van der Waals surface area contributed by atoms with Gasteiger partial charge in [0.2, 0.25) is 0 Å². The number of hydrogen-bond acceptors (Lipinski definition) is 10. The lowest BCUT2D eigenvalue weighted by atomic mass is 10.1. The highest BCUT2D eigenvalue weighted by molar-refractivity contribution is 7.47. The number of esters is 3. The van der Waals surface area contributed by atoms with Crippen molar-refractivity contribution in [3.05, 3.63) is 146 Å². The number of aliphatic hydroxyl groups excluding tert-OH is 1. The average Bonchev–Trinajstić information content (AvgIpc) is 3.39. The van der Waals surface area contributed by atoms with Gasteiger partial charge in [-0.05, 0) is 122 Å². The third kappa shape index (κ3) is 52.2. The van der Waals surface area contributed by atoms with Crippen molar-refractivity contribution in [2.24, 2.45) is 0 Å². The molecule has 0 aromatic carbocycles. The Bertz CT molecular complexity index is 1800. The van der Waals surface area contributed by atoms with E-state index in [1.54, 1.807) is 0 Å². The summed E-state index contributed by atoms with van der Waals surface area (Å²) in [5, 5.41) is 9.79. The molecule has 0 fully saturated rings. The van der Waals surface area contributed by atoms with Gasteiger partial charge in [0, 0.05) is 19.3 Å². The van der Waals surface area contributed by atoms with E-state index in [0.717, 1.165) is 122 Å². The first-order valence-electron chi connectivity index (χ1n) is 27.7. The fourth-order valence-corrected chi connectivity index (χ4v) is 7.37. The Labute approximate surface area is 448 Å². The second-order valence-corrected chi connectivity index (χ2v) is 19.1. The van der Waals surface area contributed by atoms with Gasteiger partial charge in [0.05, 0.1) is 19.8 Å². The summed E-state index contributed by atoms with van der Waals surface area (Å²) < 4.78 is 39.3. The maximum absolute atomic E-state index is 12.9. The van der Waals surface area contributed by atoms with Crippen molar-refractivity contribution < 1.29 is 52.2 Å². The van der Waals surface area contributed by atoms with Crippen LogP contribution in [0.15, 0.2) is 146 Å². The molecule has 0 aromatic heterocycles. The predicted molar refractivity (Wildman–Crippen MR) is 306 cm³/mol. The van der Waals surface area contributed by atoms with Gasteiger partial charge in [0.15, 0.2) is 6.10 Å². The van der Waals surface area contributed by atoms with Gasteiger partial charge in [-0.1, -0.05) is 192 Å². The first-order valence-corrected chi connectivity index (χ1v) is 29.2. The smallest absolute Gasteiger partial charge is 0.462 e. The highest BCUT2D eigenvalue weighted by Crippen LogP contribution is 2.43. The Morgan fingerprint density at radius 3 is 1.19 bits per heavy atom. The minimum absolute atomic E-state index is 0.0236. The van der Waals surface area contributed by atoms with E-state index in [1.165, 1.54) is 0 Å². The van der Waals surface area contributed by atoms with E-state index in [4.69, 9.17) is 23.3 Å². The van der Waals surface area contributed by atoms with Gasteiger partial charge in [0.1, 0.15) is 12.7 Å². The molecule has 3 unspecified atom stereocenters. The average molecular weight is 1050 g/mol. The standard InChI is InChI=1S/C62H97O11P/c1-4-7-10-13-16-19-22-25-27-28-29-30-32-35-38-41-44-47-50-53-62(66)73-59(55-69-60(64)51-48-45-42-39-36-34-31-26-23-20-17-14-11-8-5-2)57-71-74(67,68)70-56-58(54-63)72-61(65)52-49-46-43-40-37-33-24-21-18-15-12-9-6-3/h7-8,10-12,15-17,19-21,24-27,29-31,35-36,38-39,44,47,58-59,63H,4-6,9,13-14,18,22-23,28,32-34,37,40-43,45-46,48-57H2,1-3H3,(H,67,68)/b10-7-,11-8-,15-12-,19-16-,20-17-,24-21-,27-25-,30-29-,31-26-,38-35-,39-36-,47-44-. The monoisotopic (exact) mass is 1050 g/mol. The van der Waals surface area contributed by atoms with Crippen LogP contribution in [-0.4, -0.2) is 66.5 Å². The SMILES string of the molecule is CC/C=C\C/C=C\C/C=C\C/C=C\C/C=C\C/C=C\CCC(=O)OC(COC(=O)CCCC/C=C\C/C=C\C/C=C\C/C=C\CC)COP(=O)(O)OCC(CO)OC(=O)CCCCCCC/C=C\C/C=C\CCC. The summed E-state index contributed by atoms with van der Waals surface area (Å²) in [5.41, 5.74) is 0. The molecule has 0 bridgehead atoms. The van der Waals surface area contributed by atoms with Gasteiger partial charge in [-0.2, -0.15) is 0 Å². The molecule has 0 aliphatic rings. The lowest BCUT2D eigenvalue weighted by Crippen LogP contribution is -2.30. The van der Waals surface area contributed by atoms with E-state index in [0.29, 0.717) is 25.7 Å². The van der Waals surface area contributed by atoms with Crippen molar-refractivity contribution in [2.45, 2.75) is 200 Å². The van der Waals surface area contributed by atoms with Crippen molar-refractivity contribution in [1.29, 1.82) is 0 Å². The van der Waals surface area contributed by atoms with Crippen LogP contribution >= 0.6 is 7.82 Å². The summed E-state index contributed by atoms with van der Waals surface area (Å²) in [5.74, 6) is -1.65. The molecule has 0 saturated carbocycles. The molecule has 0 heterocycles. The summed E-state index contributed by atoms with van der Waals surface area (Å²) in [6.45, 7) is 4.16. The molecule has 416 valence electrons. The summed E-state index contributed by atoms with van der Waals surface area (Å²) in [4.78, 5) is 48.4. The Balaban J connectivity index is 4.95. The zero-order valence-corrected chi connectivity index (χ0v) is 46.6. The van der Waals surface area contributed by atoms with Crippen molar-refractivity contribution in [3.63, 3.8) is 0 Å². The minimum Gasteiger partial charge on any atom is -0.462 e. The predicted octanol–water partition coefficient (Wildman–Crippen LogP) is 16.4. The first kappa shape index (κ1) is 69.4. The normalized spacial score (nSPS) is 14.5. The van der Waals surface area contributed by atoms with E-state index in [2.05, 4.69) is 154 Å². The number of unbranched alkanes of at least 4 members (excludes halogenated alkanes) is 8. The van der Waals surface area contributed by atoms with Gasteiger partial charge in [-0.25, -0.2) is 4.57 Å². The molecule has 3 atom stereocenters. The quantitative estimate of drug-likeness (QED) is 0.0197. The molecule has 74 heavy (non-hydrogen) atoms. The fraction of sp³-hybridized carbons (Fsp3) is 0.565. The second-order valence-electron chi connectivity index (χ2n) is 17.6. The van der Waals surface area contributed by atoms with Crippen molar-refractivity contribution >= 4 is 25.7 Å². The molecule has 0 aliphatic heterocycles. The molecule has 0 radical (unpaired) electrons. The number of rotatable bonds is 49. The fourth-order valence-electron chi connectivity index (χ4n) is 6.58. The molecule has 0 spiro atoms. The number of hydrogen-bond donors (Lipinski definition) is 2. The van der Waals surface area contributed by atoms with E-state index in [9.17, 15) is 28.9 Å². The third-order valence-electron chi connectivity index (χ3n) is 10.7. The number of aliphatic hydroxyl groups is 1. The highest BCUT2D eigenvalue weighted by atomic mass is 31.2. The van der Waals surface area contributed by atoms with Crippen LogP contribution in [0.2, 0.25) is 0 Å². The number of phosphoric ester groups is 1. The number of allylic oxidation sites excluding steroid dienone is 24.